The van der Waals surface area contributed by atoms with Gasteiger partial charge in [-0.25, -0.2) is 9.67 Å². The van der Waals surface area contributed by atoms with Gasteiger partial charge in [0.2, 0.25) is 11.8 Å². The second kappa shape index (κ2) is 11.5. The summed E-state index contributed by atoms with van der Waals surface area (Å²) in [5.74, 6) is 0.668. The summed E-state index contributed by atoms with van der Waals surface area (Å²) in [6.45, 7) is 9.80. The second-order valence-electron chi connectivity index (χ2n) is 7.07. The molecule has 29 heavy (non-hydrogen) atoms. The number of amides is 1. The van der Waals surface area contributed by atoms with Crippen molar-refractivity contribution in [1.29, 1.82) is 0 Å². The molecule has 0 aromatic carbocycles. The molecule has 10 heteroatoms. The molecule has 3 rings (SSSR count). The van der Waals surface area contributed by atoms with Gasteiger partial charge in [0, 0.05) is 58.4 Å². The van der Waals surface area contributed by atoms with Crippen LogP contribution in [0.2, 0.25) is 0 Å². The molecule has 0 aliphatic carbocycles. The largest absolute Gasteiger partial charge is 0.479 e. The number of halogens is 2. The first-order valence-corrected chi connectivity index (χ1v) is 9.57. The maximum absolute atomic E-state index is 12.3. The lowest BCUT2D eigenvalue weighted by Gasteiger charge is -2.27. The highest BCUT2D eigenvalue weighted by molar-refractivity contribution is 5.86. The number of rotatable bonds is 7. The Labute approximate surface area is 184 Å². The summed E-state index contributed by atoms with van der Waals surface area (Å²) in [6, 6.07) is 0. The Bertz CT molecular complexity index is 821. The van der Waals surface area contributed by atoms with Crippen LogP contribution in [0.25, 0.3) is 11.0 Å². The summed E-state index contributed by atoms with van der Waals surface area (Å²) in [7, 11) is 3.48. The molecule has 8 nitrogen and oxygen atoms in total. The Morgan fingerprint density at radius 2 is 1.93 bits per heavy atom. The Hall–Kier alpha value is -1.61. The highest BCUT2D eigenvalue weighted by Crippen LogP contribution is 2.30. The van der Waals surface area contributed by atoms with E-state index in [1.54, 1.807) is 11.8 Å². The van der Waals surface area contributed by atoms with E-state index in [0.717, 1.165) is 60.6 Å². The van der Waals surface area contributed by atoms with E-state index >= 15 is 0 Å². The normalized spacial score (nSPS) is 14.2. The molecular formula is C19H32Cl2N6O2. The first-order chi connectivity index (χ1) is 13.0. The molecule has 2 N–H and O–H groups in total. The van der Waals surface area contributed by atoms with Crippen molar-refractivity contribution in [3.8, 4) is 5.88 Å². The molecule has 0 atom stereocenters. The number of methoxy groups -OCH3 is 1. The molecular weight excluding hydrogens is 415 g/mol. The van der Waals surface area contributed by atoms with E-state index in [1.807, 2.05) is 14.0 Å². The standard InChI is InChI=1S/C19H30N6O2.2ClH/c1-13-15(14(2)22-18-17(13)19(27-4)23-24(18)3)5-6-16(26)21-9-12-25-10-7-20-8-11-25;;/h20H,5-12H2,1-4H3,(H,21,26);2*1H. The van der Waals surface area contributed by atoms with E-state index in [-0.39, 0.29) is 30.7 Å². The number of aryl methyl sites for hydroxylation is 3. The lowest BCUT2D eigenvalue weighted by atomic mass is 10.00. The molecule has 0 saturated carbocycles. The molecule has 164 valence electrons. The van der Waals surface area contributed by atoms with Gasteiger partial charge in [0.15, 0.2) is 5.65 Å². The third-order valence-corrected chi connectivity index (χ3v) is 5.28. The van der Waals surface area contributed by atoms with E-state index in [9.17, 15) is 4.79 Å². The van der Waals surface area contributed by atoms with Gasteiger partial charge in [0.1, 0.15) is 0 Å². The summed E-state index contributed by atoms with van der Waals surface area (Å²) in [5, 5.41) is 11.7. The van der Waals surface area contributed by atoms with Crippen LogP contribution in [0, 0.1) is 13.8 Å². The highest BCUT2D eigenvalue weighted by Gasteiger charge is 2.18. The zero-order chi connectivity index (χ0) is 19.4. The zero-order valence-corrected chi connectivity index (χ0v) is 19.2. The number of carbonyl (C=O) groups excluding carboxylic acids is 1. The molecule has 2 aromatic heterocycles. The lowest BCUT2D eigenvalue weighted by molar-refractivity contribution is -0.121. The summed E-state index contributed by atoms with van der Waals surface area (Å²) in [6.07, 6.45) is 1.12. The van der Waals surface area contributed by atoms with Crippen LogP contribution in [0.1, 0.15) is 23.2 Å². The number of piperazine rings is 1. The summed E-state index contributed by atoms with van der Waals surface area (Å²) in [5.41, 5.74) is 3.95. The predicted molar refractivity (Wildman–Crippen MR) is 120 cm³/mol. The fourth-order valence-corrected chi connectivity index (χ4v) is 3.72. The molecule has 3 heterocycles. The molecule has 1 saturated heterocycles. The van der Waals surface area contributed by atoms with Gasteiger partial charge < -0.3 is 15.4 Å². The molecule has 2 aromatic rings. The van der Waals surface area contributed by atoms with Crippen LogP contribution < -0.4 is 15.4 Å². The first kappa shape index (κ1) is 25.4. The van der Waals surface area contributed by atoms with Gasteiger partial charge in [-0.05, 0) is 31.4 Å². The maximum atomic E-state index is 12.3. The van der Waals surface area contributed by atoms with Gasteiger partial charge >= 0.3 is 0 Å². The van der Waals surface area contributed by atoms with Crippen molar-refractivity contribution < 1.29 is 9.53 Å². The monoisotopic (exact) mass is 446 g/mol. The van der Waals surface area contributed by atoms with Crippen molar-refractivity contribution in [3.05, 3.63) is 16.8 Å². The van der Waals surface area contributed by atoms with Gasteiger partial charge in [-0.2, -0.15) is 0 Å². The number of pyridine rings is 1. The number of hydrogen-bond acceptors (Lipinski definition) is 6. The van der Waals surface area contributed by atoms with Crippen molar-refractivity contribution in [2.45, 2.75) is 26.7 Å². The minimum atomic E-state index is 0. The Kier molecular flexibility index (Phi) is 10.1. The number of nitrogens with zero attached hydrogens (tertiary/aromatic N) is 4. The van der Waals surface area contributed by atoms with E-state index in [4.69, 9.17) is 4.74 Å². The predicted octanol–water partition coefficient (Wildman–Crippen LogP) is 1.39. The average Bonchev–Trinajstić information content (AvgIpc) is 2.98. The van der Waals surface area contributed by atoms with Crippen molar-refractivity contribution in [3.63, 3.8) is 0 Å². The Morgan fingerprint density at radius 3 is 2.59 bits per heavy atom. The topological polar surface area (TPSA) is 84.3 Å². The second-order valence-corrected chi connectivity index (χ2v) is 7.07. The van der Waals surface area contributed by atoms with E-state index in [1.165, 1.54) is 0 Å². The summed E-state index contributed by atoms with van der Waals surface area (Å²) < 4.78 is 7.14. The van der Waals surface area contributed by atoms with E-state index < -0.39 is 0 Å². The number of nitrogens with one attached hydrogen (secondary N) is 2. The van der Waals surface area contributed by atoms with Crippen LogP contribution in [-0.4, -0.2) is 71.9 Å². The molecule has 1 aliphatic heterocycles. The molecule has 1 amide bonds. The van der Waals surface area contributed by atoms with Gasteiger partial charge in [-0.3, -0.25) is 9.69 Å². The quantitative estimate of drug-likeness (QED) is 0.668. The van der Waals surface area contributed by atoms with Crippen LogP contribution in [0.4, 0.5) is 0 Å². The minimum absolute atomic E-state index is 0. The molecule has 1 aliphatic rings. The van der Waals surface area contributed by atoms with Crippen molar-refractivity contribution in [2.24, 2.45) is 7.05 Å². The Morgan fingerprint density at radius 1 is 1.24 bits per heavy atom. The number of hydrogen-bond donors (Lipinski definition) is 2. The number of fused-ring (bicyclic) bond motifs is 1. The Balaban J connectivity index is 0.00000210. The third kappa shape index (κ3) is 5.94. The minimum Gasteiger partial charge on any atom is -0.479 e. The zero-order valence-electron chi connectivity index (χ0n) is 17.6. The SMILES string of the molecule is COc1nn(C)c2nc(C)c(CCC(=O)NCCN3CCNCC3)c(C)c12.Cl.Cl. The van der Waals surface area contributed by atoms with Crippen molar-refractivity contribution >= 4 is 41.8 Å². The van der Waals surface area contributed by atoms with Gasteiger partial charge in [-0.15, -0.1) is 29.9 Å². The molecule has 0 unspecified atom stereocenters. The average molecular weight is 447 g/mol. The van der Waals surface area contributed by atoms with Crippen molar-refractivity contribution in [2.75, 3.05) is 46.4 Å². The molecule has 0 spiro atoms. The van der Waals surface area contributed by atoms with Crippen LogP contribution in [0.5, 0.6) is 5.88 Å². The number of aromatic nitrogens is 3. The van der Waals surface area contributed by atoms with Crippen LogP contribution in [0.3, 0.4) is 0 Å². The van der Waals surface area contributed by atoms with Crippen LogP contribution in [0.15, 0.2) is 0 Å². The molecule has 0 radical (unpaired) electrons. The summed E-state index contributed by atoms with van der Waals surface area (Å²) in [4.78, 5) is 19.3. The fraction of sp³-hybridized carbons (Fsp3) is 0.632. The van der Waals surface area contributed by atoms with Crippen LogP contribution >= 0.6 is 24.8 Å². The third-order valence-electron chi connectivity index (χ3n) is 5.28. The first-order valence-electron chi connectivity index (χ1n) is 9.57. The molecule has 1 fully saturated rings. The fourth-order valence-electron chi connectivity index (χ4n) is 3.72. The number of carbonyl (C=O) groups is 1. The lowest BCUT2D eigenvalue weighted by Crippen LogP contribution is -2.46. The summed E-state index contributed by atoms with van der Waals surface area (Å²) >= 11 is 0. The van der Waals surface area contributed by atoms with Crippen LogP contribution in [-0.2, 0) is 18.3 Å². The molecule has 0 bridgehead atoms. The number of ether oxygens (including phenoxy) is 1. The highest BCUT2D eigenvalue weighted by atomic mass is 35.5. The van der Waals surface area contributed by atoms with E-state index in [0.29, 0.717) is 25.3 Å². The van der Waals surface area contributed by atoms with Gasteiger partial charge in [0.25, 0.3) is 0 Å². The van der Waals surface area contributed by atoms with E-state index in [2.05, 4.69) is 32.5 Å². The van der Waals surface area contributed by atoms with Gasteiger partial charge in [-0.1, -0.05) is 0 Å². The smallest absolute Gasteiger partial charge is 0.242 e. The van der Waals surface area contributed by atoms with Crippen molar-refractivity contribution in [1.82, 2.24) is 30.3 Å². The maximum Gasteiger partial charge on any atom is 0.242 e. The van der Waals surface area contributed by atoms with Gasteiger partial charge in [0.05, 0.1) is 12.5 Å².